The van der Waals surface area contributed by atoms with Crippen LogP contribution in [0.2, 0.25) is 0 Å². The summed E-state index contributed by atoms with van der Waals surface area (Å²) in [5.41, 5.74) is 2.82. The van der Waals surface area contributed by atoms with Crippen LogP contribution in [0.4, 0.5) is 5.82 Å². The number of hydrogen-bond donors (Lipinski definition) is 1. The van der Waals surface area contributed by atoms with E-state index >= 15 is 0 Å². The summed E-state index contributed by atoms with van der Waals surface area (Å²) in [5.74, 6) is 1.11. The van der Waals surface area contributed by atoms with E-state index in [0.29, 0.717) is 0 Å². The molecule has 1 N–H and O–H groups in total. The maximum Gasteiger partial charge on any atom is 0.141 e. The number of piperazine rings is 1. The van der Waals surface area contributed by atoms with Crippen LogP contribution in [0, 0.1) is 0 Å². The second-order valence-corrected chi connectivity index (χ2v) is 5.26. The lowest BCUT2D eigenvalue weighted by Crippen LogP contribution is -2.44. The Kier molecular flexibility index (Phi) is 4.00. The van der Waals surface area contributed by atoms with Gasteiger partial charge in [-0.15, -0.1) is 12.4 Å². The number of anilines is 1. The molecule has 0 saturated carbocycles. The molecule has 0 bridgehead atoms. The Bertz CT molecular complexity index is 772. The molecule has 4 heterocycles. The van der Waals surface area contributed by atoms with Crippen molar-refractivity contribution in [3.05, 3.63) is 31.0 Å². The van der Waals surface area contributed by atoms with E-state index in [1.807, 2.05) is 42.4 Å². The van der Waals surface area contributed by atoms with E-state index in [0.717, 1.165) is 48.9 Å². The maximum absolute atomic E-state index is 4.55. The molecule has 0 radical (unpaired) electrons. The van der Waals surface area contributed by atoms with Crippen LogP contribution < -0.4 is 10.2 Å². The highest BCUT2D eigenvalue weighted by Crippen LogP contribution is 2.21. The van der Waals surface area contributed by atoms with Crippen LogP contribution in [-0.2, 0) is 7.05 Å². The quantitative estimate of drug-likeness (QED) is 0.762. The number of nitrogens with one attached hydrogen (secondary N) is 1. The molecule has 0 aromatic carbocycles. The summed E-state index contributed by atoms with van der Waals surface area (Å²) < 4.78 is 3.82. The van der Waals surface area contributed by atoms with Gasteiger partial charge < -0.3 is 10.2 Å². The molecule has 8 heteroatoms. The van der Waals surface area contributed by atoms with Gasteiger partial charge in [0.2, 0.25) is 0 Å². The molecule has 4 rings (SSSR count). The minimum atomic E-state index is 0. The van der Waals surface area contributed by atoms with Gasteiger partial charge in [-0.2, -0.15) is 5.10 Å². The Balaban J connectivity index is 0.00000144. The summed E-state index contributed by atoms with van der Waals surface area (Å²) in [7, 11) is 1.90. The largest absolute Gasteiger partial charge is 0.354 e. The fraction of sp³-hybridized carbons (Fsp3) is 0.357. The van der Waals surface area contributed by atoms with E-state index in [1.165, 1.54) is 0 Å². The highest BCUT2D eigenvalue weighted by molar-refractivity contribution is 5.85. The van der Waals surface area contributed by atoms with Crippen molar-refractivity contribution in [1.29, 1.82) is 0 Å². The van der Waals surface area contributed by atoms with Gasteiger partial charge in [0, 0.05) is 51.1 Å². The second-order valence-electron chi connectivity index (χ2n) is 5.26. The first-order chi connectivity index (χ1) is 10.3. The highest BCUT2D eigenvalue weighted by atomic mass is 35.5. The van der Waals surface area contributed by atoms with Crippen LogP contribution in [0.25, 0.3) is 16.9 Å². The van der Waals surface area contributed by atoms with Gasteiger partial charge in [0.25, 0.3) is 0 Å². The third-order valence-electron chi connectivity index (χ3n) is 3.83. The SMILES string of the molecule is Cl.Cn1cc(-c2cc3ncc(N4CCNCC4)n3cn2)cn1. The Morgan fingerprint density at radius 2 is 1.95 bits per heavy atom. The lowest BCUT2D eigenvalue weighted by atomic mass is 10.2. The third-order valence-corrected chi connectivity index (χ3v) is 3.83. The number of aryl methyl sites for hydroxylation is 1. The summed E-state index contributed by atoms with van der Waals surface area (Å²) in [6.07, 6.45) is 7.55. The van der Waals surface area contributed by atoms with Crippen molar-refractivity contribution in [3.8, 4) is 11.3 Å². The zero-order chi connectivity index (χ0) is 14.2. The van der Waals surface area contributed by atoms with Crippen molar-refractivity contribution >= 4 is 23.9 Å². The Morgan fingerprint density at radius 1 is 1.14 bits per heavy atom. The number of rotatable bonds is 2. The smallest absolute Gasteiger partial charge is 0.141 e. The predicted octanol–water partition coefficient (Wildman–Crippen LogP) is 0.961. The Labute approximate surface area is 134 Å². The average Bonchev–Trinajstić information content (AvgIpc) is 3.13. The van der Waals surface area contributed by atoms with Gasteiger partial charge in [-0.3, -0.25) is 9.08 Å². The first-order valence-electron chi connectivity index (χ1n) is 7.09. The number of aromatic nitrogens is 5. The minimum absolute atomic E-state index is 0. The molecule has 0 unspecified atom stereocenters. The number of fused-ring (bicyclic) bond motifs is 1. The molecular formula is C14H18ClN7. The summed E-state index contributed by atoms with van der Waals surface area (Å²) in [6, 6.07) is 2.00. The molecule has 1 aliphatic rings. The normalized spacial score (nSPS) is 15.0. The van der Waals surface area contributed by atoms with Gasteiger partial charge in [-0.05, 0) is 0 Å². The van der Waals surface area contributed by atoms with Crippen LogP contribution in [0.5, 0.6) is 0 Å². The van der Waals surface area contributed by atoms with Crippen molar-refractivity contribution < 1.29 is 0 Å². The molecule has 22 heavy (non-hydrogen) atoms. The second kappa shape index (κ2) is 5.94. The van der Waals surface area contributed by atoms with E-state index in [-0.39, 0.29) is 12.4 Å². The van der Waals surface area contributed by atoms with Crippen LogP contribution in [0.15, 0.2) is 31.0 Å². The van der Waals surface area contributed by atoms with Crippen LogP contribution in [0.3, 0.4) is 0 Å². The fourth-order valence-corrected chi connectivity index (χ4v) is 2.71. The van der Waals surface area contributed by atoms with Gasteiger partial charge >= 0.3 is 0 Å². The van der Waals surface area contributed by atoms with Gasteiger partial charge in [0.1, 0.15) is 17.8 Å². The Hall–Kier alpha value is -2.12. The van der Waals surface area contributed by atoms with Crippen molar-refractivity contribution in [2.75, 3.05) is 31.1 Å². The summed E-state index contributed by atoms with van der Waals surface area (Å²) in [6.45, 7) is 4.01. The molecule has 7 nitrogen and oxygen atoms in total. The maximum atomic E-state index is 4.55. The lowest BCUT2D eigenvalue weighted by molar-refractivity contribution is 0.583. The molecule has 3 aromatic heterocycles. The number of halogens is 1. The predicted molar refractivity (Wildman–Crippen MR) is 87.5 cm³/mol. The van der Waals surface area contributed by atoms with Gasteiger partial charge in [0.05, 0.1) is 18.1 Å². The van der Waals surface area contributed by atoms with Gasteiger partial charge in [-0.1, -0.05) is 0 Å². The molecule has 116 valence electrons. The van der Waals surface area contributed by atoms with E-state index < -0.39 is 0 Å². The molecule has 1 saturated heterocycles. The number of nitrogens with zero attached hydrogens (tertiary/aromatic N) is 6. The minimum Gasteiger partial charge on any atom is -0.354 e. The van der Waals surface area contributed by atoms with E-state index in [2.05, 4.69) is 25.3 Å². The molecule has 0 spiro atoms. The van der Waals surface area contributed by atoms with E-state index in [4.69, 9.17) is 0 Å². The number of hydrogen-bond acceptors (Lipinski definition) is 5. The average molecular weight is 320 g/mol. The Morgan fingerprint density at radius 3 is 2.68 bits per heavy atom. The monoisotopic (exact) mass is 319 g/mol. The zero-order valence-electron chi connectivity index (χ0n) is 12.3. The van der Waals surface area contributed by atoms with Crippen molar-refractivity contribution in [3.63, 3.8) is 0 Å². The van der Waals surface area contributed by atoms with E-state index in [9.17, 15) is 0 Å². The summed E-state index contributed by atoms with van der Waals surface area (Å²) in [4.78, 5) is 11.4. The molecule has 0 amide bonds. The van der Waals surface area contributed by atoms with Crippen LogP contribution in [-0.4, -0.2) is 50.3 Å². The summed E-state index contributed by atoms with van der Waals surface area (Å²) >= 11 is 0. The van der Waals surface area contributed by atoms with Crippen molar-refractivity contribution in [2.24, 2.45) is 7.05 Å². The lowest BCUT2D eigenvalue weighted by Gasteiger charge is -2.28. The molecule has 0 aliphatic carbocycles. The van der Waals surface area contributed by atoms with Crippen molar-refractivity contribution in [2.45, 2.75) is 0 Å². The third kappa shape index (κ3) is 2.53. The van der Waals surface area contributed by atoms with Crippen LogP contribution in [0.1, 0.15) is 0 Å². The van der Waals surface area contributed by atoms with Gasteiger partial charge in [-0.25, -0.2) is 9.97 Å². The molecule has 1 aliphatic heterocycles. The first-order valence-corrected chi connectivity index (χ1v) is 7.09. The van der Waals surface area contributed by atoms with Gasteiger partial charge in [0.15, 0.2) is 0 Å². The van der Waals surface area contributed by atoms with Crippen LogP contribution >= 0.6 is 12.4 Å². The highest BCUT2D eigenvalue weighted by Gasteiger charge is 2.15. The van der Waals surface area contributed by atoms with Crippen molar-refractivity contribution in [1.82, 2.24) is 29.5 Å². The summed E-state index contributed by atoms with van der Waals surface area (Å²) in [5, 5.41) is 7.55. The zero-order valence-corrected chi connectivity index (χ0v) is 13.1. The molecule has 3 aromatic rings. The molecule has 1 fully saturated rings. The standard InChI is InChI=1S/C14H17N7.ClH/c1-19-9-11(7-18-19)12-6-13-16-8-14(21(13)10-17-12)20-4-2-15-3-5-20;/h6-10,15H,2-5H2,1H3;1H. The molecule has 0 atom stereocenters. The number of imidazole rings is 1. The van der Waals surface area contributed by atoms with E-state index in [1.54, 1.807) is 4.68 Å². The first kappa shape index (κ1) is 14.8. The topological polar surface area (TPSA) is 63.3 Å². The fourth-order valence-electron chi connectivity index (χ4n) is 2.71. The molecular weight excluding hydrogens is 302 g/mol.